The molecule has 0 saturated carbocycles. The minimum Gasteiger partial charge on any atom is -0.378 e. The normalized spacial score (nSPS) is 14.2. The maximum Gasteiger partial charge on any atom is 0.418 e. The number of nitrogens with zero attached hydrogens (tertiary/aromatic N) is 3. The third-order valence-electron chi connectivity index (χ3n) is 5.26. The number of ether oxygens (including phenoxy) is 1. The van der Waals surface area contributed by atoms with Crippen LogP contribution >= 0.6 is 0 Å². The molecule has 7 nitrogen and oxygen atoms in total. The van der Waals surface area contributed by atoms with E-state index >= 15 is 0 Å². The summed E-state index contributed by atoms with van der Waals surface area (Å²) in [5.74, 6) is -0.807. The Morgan fingerprint density at radius 2 is 1.67 bits per heavy atom. The summed E-state index contributed by atoms with van der Waals surface area (Å²) in [6.07, 6.45) is -4.63. The SMILES string of the molecule is Cc1cc(=O)c(C(=O)Nc2ccccc2N2CCOCC2)nn1-c1ccccc1C(F)(F)F. The molecule has 172 valence electrons. The summed E-state index contributed by atoms with van der Waals surface area (Å²) in [6.45, 7) is 3.82. The maximum absolute atomic E-state index is 13.5. The number of hydrogen-bond donors (Lipinski definition) is 1. The van der Waals surface area contributed by atoms with E-state index in [1.165, 1.54) is 25.1 Å². The van der Waals surface area contributed by atoms with E-state index in [9.17, 15) is 22.8 Å². The average molecular weight is 458 g/mol. The van der Waals surface area contributed by atoms with Crippen molar-refractivity contribution in [2.24, 2.45) is 0 Å². The van der Waals surface area contributed by atoms with E-state index < -0.39 is 28.8 Å². The first kappa shape index (κ1) is 22.5. The highest BCUT2D eigenvalue weighted by atomic mass is 19.4. The minimum absolute atomic E-state index is 0.168. The number of nitrogens with one attached hydrogen (secondary N) is 1. The van der Waals surface area contributed by atoms with E-state index in [4.69, 9.17) is 4.74 Å². The highest BCUT2D eigenvalue weighted by Crippen LogP contribution is 2.33. The fourth-order valence-electron chi connectivity index (χ4n) is 3.69. The van der Waals surface area contributed by atoms with Gasteiger partial charge < -0.3 is 15.0 Å². The van der Waals surface area contributed by atoms with E-state index in [-0.39, 0.29) is 11.4 Å². The third-order valence-corrected chi connectivity index (χ3v) is 5.26. The number of aromatic nitrogens is 2. The highest BCUT2D eigenvalue weighted by molar-refractivity contribution is 6.04. The monoisotopic (exact) mass is 458 g/mol. The first-order valence-electron chi connectivity index (χ1n) is 10.3. The first-order chi connectivity index (χ1) is 15.8. The van der Waals surface area contributed by atoms with E-state index in [1.807, 2.05) is 17.0 Å². The zero-order valence-corrected chi connectivity index (χ0v) is 17.7. The Labute approximate surface area is 187 Å². The number of aryl methyl sites for hydroxylation is 1. The number of carbonyl (C=O) groups is 1. The molecule has 1 amide bonds. The number of rotatable bonds is 4. The summed E-state index contributed by atoms with van der Waals surface area (Å²) >= 11 is 0. The predicted molar refractivity (Wildman–Crippen MR) is 117 cm³/mol. The van der Waals surface area contributed by atoms with Crippen LogP contribution in [-0.4, -0.2) is 42.0 Å². The van der Waals surface area contributed by atoms with Crippen LogP contribution in [0.25, 0.3) is 5.69 Å². The number of alkyl halides is 3. The van der Waals surface area contributed by atoms with Gasteiger partial charge in [0, 0.05) is 24.8 Å². The number of halogens is 3. The summed E-state index contributed by atoms with van der Waals surface area (Å²) in [5.41, 5.74) is -0.998. The van der Waals surface area contributed by atoms with Gasteiger partial charge in [0.05, 0.1) is 35.8 Å². The lowest BCUT2D eigenvalue weighted by molar-refractivity contribution is -0.137. The molecule has 1 N–H and O–H groups in total. The summed E-state index contributed by atoms with van der Waals surface area (Å²) in [5, 5.41) is 6.70. The molecule has 1 fully saturated rings. The Morgan fingerprint density at radius 3 is 2.36 bits per heavy atom. The van der Waals surface area contributed by atoms with Gasteiger partial charge in [0.1, 0.15) is 0 Å². The van der Waals surface area contributed by atoms with Gasteiger partial charge in [0.25, 0.3) is 5.91 Å². The van der Waals surface area contributed by atoms with Gasteiger partial charge in [-0.2, -0.15) is 18.3 Å². The average Bonchev–Trinajstić information content (AvgIpc) is 2.79. The highest BCUT2D eigenvalue weighted by Gasteiger charge is 2.34. The van der Waals surface area contributed by atoms with Crippen LogP contribution in [0.1, 0.15) is 21.7 Å². The molecule has 0 radical (unpaired) electrons. The molecule has 1 saturated heterocycles. The van der Waals surface area contributed by atoms with Crippen LogP contribution in [0.2, 0.25) is 0 Å². The number of anilines is 2. The van der Waals surface area contributed by atoms with Crippen molar-refractivity contribution in [3.8, 4) is 5.69 Å². The van der Waals surface area contributed by atoms with Crippen molar-refractivity contribution in [1.29, 1.82) is 0 Å². The van der Waals surface area contributed by atoms with Crippen molar-refractivity contribution in [3.63, 3.8) is 0 Å². The molecule has 10 heteroatoms. The fraction of sp³-hybridized carbons (Fsp3) is 0.261. The van der Waals surface area contributed by atoms with Gasteiger partial charge in [-0.05, 0) is 31.2 Å². The van der Waals surface area contributed by atoms with Crippen molar-refractivity contribution in [2.45, 2.75) is 13.1 Å². The lowest BCUT2D eigenvalue weighted by Gasteiger charge is -2.30. The van der Waals surface area contributed by atoms with Crippen molar-refractivity contribution in [2.75, 3.05) is 36.5 Å². The molecule has 0 bridgehead atoms. The smallest absolute Gasteiger partial charge is 0.378 e. The van der Waals surface area contributed by atoms with Gasteiger partial charge in [-0.25, -0.2) is 4.68 Å². The molecule has 0 atom stereocenters. The van der Waals surface area contributed by atoms with Crippen molar-refractivity contribution in [1.82, 2.24) is 9.78 Å². The molecular formula is C23H21F3N4O3. The van der Waals surface area contributed by atoms with Gasteiger partial charge in [-0.1, -0.05) is 24.3 Å². The van der Waals surface area contributed by atoms with Gasteiger partial charge >= 0.3 is 6.18 Å². The Kier molecular flexibility index (Phi) is 6.19. The second-order valence-electron chi connectivity index (χ2n) is 7.50. The molecule has 1 aliphatic rings. The first-order valence-corrected chi connectivity index (χ1v) is 10.3. The summed E-state index contributed by atoms with van der Waals surface area (Å²) < 4.78 is 46.9. The molecule has 3 aromatic rings. The second kappa shape index (κ2) is 9.07. The zero-order valence-electron chi connectivity index (χ0n) is 17.7. The standard InChI is InChI=1S/C23H21F3N4O3/c1-15-14-20(31)21(28-30(15)18-8-4-2-6-16(18)23(24,25)26)22(32)27-17-7-3-5-9-19(17)29-10-12-33-13-11-29/h2-9,14H,10-13H2,1H3,(H,27,32). The summed E-state index contributed by atoms with van der Waals surface area (Å²) in [4.78, 5) is 27.6. The number of carbonyl (C=O) groups excluding carboxylic acids is 1. The second-order valence-corrected chi connectivity index (χ2v) is 7.50. The van der Waals surface area contributed by atoms with E-state index in [0.29, 0.717) is 32.0 Å². The van der Waals surface area contributed by atoms with Crippen molar-refractivity contribution < 1.29 is 22.7 Å². The van der Waals surface area contributed by atoms with Crippen LogP contribution < -0.4 is 15.6 Å². The lowest BCUT2D eigenvalue weighted by atomic mass is 10.1. The quantitative estimate of drug-likeness (QED) is 0.646. The summed E-state index contributed by atoms with van der Waals surface area (Å²) in [6, 6.07) is 13.0. The maximum atomic E-state index is 13.5. The van der Waals surface area contributed by atoms with E-state index in [1.54, 1.807) is 12.1 Å². The van der Waals surface area contributed by atoms with Crippen LogP contribution in [0.5, 0.6) is 0 Å². The minimum atomic E-state index is -4.63. The zero-order chi connectivity index (χ0) is 23.6. The number of hydrogen-bond acceptors (Lipinski definition) is 5. The van der Waals surface area contributed by atoms with E-state index in [2.05, 4.69) is 10.4 Å². The van der Waals surface area contributed by atoms with Gasteiger partial charge in [0.2, 0.25) is 5.43 Å². The molecule has 0 spiro atoms. The van der Waals surface area contributed by atoms with Crippen molar-refractivity contribution >= 4 is 17.3 Å². The molecule has 1 aliphatic heterocycles. The number of para-hydroxylation sites is 3. The van der Waals surface area contributed by atoms with Crippen molar-refractivity contribution in [3.05, 3.63) is 81.8 Å². The number of amides is 1. The van der Waals surface area contributed by atoms with Crippen LogP contribution in [-0.2, 0) is 10.9 Å². The van der Waals surface area contributed by atoms with Crippen LogP contribution in [0.4, 0.5) is 24.5 Å². The Bertz CT molecular complexity index is 1230. The molecule has 2 aromatic carbocycles. The number of benzene rings is 2. The fourth-order valence-corrected chi connectivity index (χ4v) is 3.69. The largest absolute Gasteiger partial charge is 0.418 e. The Hall–Kier alpha value is -3.66. The molecular weight excluding hydrogens is 437 g/mol. The van der Waals surface area contributed by atoms with E-state index in [0.717, 1.165) is 22.5 Å². The van der Waals surface area contributed by atoms with Crippen LogP contribution in [0, 0.1) is 6.92 Å². The molecule has 1 aromatic heterocycles. The molecule has 2 heterocycles. The molecule has 4 rings (SSSR count). The number of morpholine rings is 1. The predicted octanol–water partition coefficient (Wildman–Crippen LogP) is 3.65. The molecule has 33 heavy (non-hydrogen) atoms. The topological polar surface area (TPSA) is 76.5 Å². The van der Waals surface area contributed by atoms with Gasteiger partial charge in [-0.15, -0.1) is 0 Å². The van der Waals surface area contributed by atoms with Gasteiger partial charge in [0.15, 0.2) is 5.69 Å². The van der Waals surface area contributed by atoms with Crippen LogP contribution in [0.15, 0.2) is 59.4 Å². The Balaban J connectivity index is 1.71. The van der Waals surface area contributed by atoms with Gasteiger partial charge in [-0.3, -0.25) is 9.59 Å². The molecule has 0 aliphatic carbocycles. The Morgan fingerprint density at radius 1 is 1.03 bits per heavy atom. The molecule has 0 unspecified atom stereocenters. The van der Waals surface area contributed by atoms with Crippen LogP contribution in [0.3, 0.4) is 0 Å². The third kappa shape index (κ3) is 4.75. The summed E-state index contributed by atoms with van der Waals surface area (Å²) in [7, 11) is 0. The lowest BCUT2D eigenvalue weighted by Crippen LogP contribution is -2.37.